The van der Waals surface area contributed by atoms with E-state index in [0.29, 0.717) is 6.42 Å². The summed E-state index contributed by atoms with van der Waals surface area (Å²) in [5.41, 5.74) is 5.13. The molecule has 3 N–H and O–H groups in total. The minimum atomic E-state index is -0.967. The van der Waals surface area contributed by atoms with Crippen molar-refractivity contribution in [1.29, 1.82) is 0 Å². The van der Waals surface area contributed by atoms with Gasteiger partial charge in [-0.15, -0.1) is 0 Å². The number of rotatable bonds is 6. The highest BCUT2D eigenvalue weighted by molar-refractivity contribution is 5.79. The monoisotopic (exact) mass is 282 g/mol. The molecule has 4 heteroatoms. The van der Waals surface area contributed by atoms with Crippen molar-refractivity contribution >= 4 is 5.97 Å². The van der Waals surface area contributed by atoms with E-state index in [0.717, 1.165) is 38.3 Å². The van der Waals surface area contributed by atoms with Crippen molar-refractivity contribution in [1.82, 2.24) is 4.90 Å². The molecule has 2 rings (SSSR count). The smallest absolute Gasteiger partial charge is 0.323 e. The van der Waals surface area contributed by atoms with Crippen LogP contribution in [0.25, 0.3) is 0 Å². The van der Waals surface area contributed by atoms with Gasteiger partial charge in [0.15, 0.2) is 0 Å². The maximum absolute atomic E-state index is 11.4. The number of aliphatic carboxylic acids is 1. The average molecular weight is 282 g/mol. The normalized spacial score (nSPS) is 31.9. The maximum atomic E-state index is 11.4. The second-order valence-corrected chi connectivity index (χ2v) is 6.99. The van der Waals surface area contributed by atoms with E-state index in [9.17, 15) is 9.90 Å². The van der Waals surface area contributed by atoms with Crippen LogP contribution in [0.5, 0.6) is 0 Å². The molecule has 0 aromatic carbocycles. The summed E-state index contributed by atoms with van der Waals surface area (Å²) in [4.78, 5) is 13.7. The largest absolute Gasteiger partial charge is 0.480 e. The van der Waals surface area contributed by atoms with Gasteiger partial charge in [-0.2, -0.15) is 0 Å². The third kappa shape index (κ3) is 3.73. The first kappa shape index (κ1) is 15.8. The predicted molar refractivity (Wildman–Crippen MR) is 80.6 cm³/mol. The van der Waals surface area contributed by atoms with E-state index in [1.54, 1.807) is 0 Å². The third-order valence-corrected chi connectivity index (χ3v) is 5.42. The van der Waals surface area contributed by atoms with Crippen LogP contribution in [0.1, 0.15) is 57.8 Å². The maximum Gasteiger partial charge on any atom is 0.323 e. The molecule has 0 saturated heterocycles. The van der Waals surface area contributed by atoms with Crippen molar-refractivity contribution in [3.8, 4) is 0 Å². The zero-order chi connectivity index (χ0) is 14.6. The lowest BCUT2D eigenvalue weighted by molar-refractivity contribution is -0.144. The zero-order valence-electron chi connectivity index (χ0n) is 12.8. The van der Waals surface area contributed by atoms with E-state index in [1.807, 2.05) is 0 Å². The van der Waals surface area contributed by atoms with Gasteiger partial charge in [0.05, 0.1) is 0 Å². The molecule has 0 spiro atoms. The Balaban J connectivity index is 1.75. The van der Waals surface area contributed by atoms with Crippen LogP contribution in [0.3, 0.4) is 0 Å². The molecule has 2 unspecified atom stereocenters. The molecule has 2 fully saturated rings. The van der Waals surface area contributed by atoms with E-state index in [2.05, 4.69) is 11.9 Å². The Bertz CT molecular complexity index is 328. The molecule has 2 aliphatic rings. The van der Waals surface area contributed by atoms with Gasteiger partial charge in [-0.3, -0.25) is 4.79 Å². The Morgan fingerprint density at radius 1 is 1.25 bits per heavy atom. The molecule has 0 radical (unpaired) electrons. The summed E-state index contributed by atoms with van der Waals surface area (Å²) in [6.45, 7) is 2.14. The molecule has 20 heavy (non-hydrogen) atoms. The summed E-state index contributed by atoms with van der Waals surface area (Å²) in [7, 11) is 2.17. The van der Waals surface area contributed by atoms with Crippen molar-refractivity contribution < 1.29 is 9.90 Å². The third-order valence-electron chi connectivity index (χ3n) is 5.42. The predicted octanol–water partition coefficient (Wildman–Crippen LogP) is 2.47. The Morgan fingerprint density at radius 3 is 2.60 bits per heavy atom. The van der Waals surface area contributed by atoms with Crippen LogP contribution >= 0.6 is 0 Å². The molecular formula is C16H30N2O2. The fraction of sp³-hybridized carbons (Fsp3) is 0.938. The van der Waals surface area contributed by atoms with E-state index in [4.69, 9.17) is 5.73 Å². The highest BCUT2D eigenvalue weighted by atomic mass is 16.4. The molecule has 0 amide bonds. The minimum Gasteiger partial charge on any atom is -0.480 e. The highest BCUT2D eigenvalue weighted by Crippen LogP contribution is 2.36. The Labute approximate surface area is 122 Å². The van der Waals surface area contributed by atoms with E-state index in [-0.39, 0.29) is 5.92 Å². The summed E-state index contributed by atoms with van der Waals surface area (Å²) in [6, 6.07) is 0. The van der Waals surface area contributed by atoms with Gasteiger partial charge < -0.3 is 15.7 Å². The van der Waals surface area contributed by atoms with Crippen LogP contribution in [0.4, 0.5) is 0 Å². The molecule has 2 saturated carbocycles. The summed E-state index contributed by atoms with van der Waals surface area (Å²) >= 11 is 0. The minimum absolute atomic E-state index is 0.147. The lowest BCUT2D eigenvalue weighted by Gasteiger charge is -2.30. The first-order chi connectivity index (χ1) is 9.52. The molecule has 4 nitrogen and oxygen atoms in total. The number of carboxylic acid groups (broad SMARTS) is 1. The Kier molecular flexibility index (Phi) is 5.44. The van der Waals surface area contributed by atoms with E-state index in [1.165, 1.54) is 32.1 Å². The van der Waals surface area contributed by atoms with Crippen molar-refractivity contribution in [2.45, 2.75) is 63.3 Å². The number of carbonyl (C=O) groups is 1. The summed E-state index contributed by atoms with van der Waals surface area (Å²) in [6.07, 6.45) is 10.4. The lowest BCUT2D eigenvalue weighted by atomic mass is 9.85. The van der Waals surface area contributed by atoms with Gasteiger partial charge >= 0.3 is 5.97 Å². The summed E-state index contributed by atoms with van der Waals surface area (Å²) in [5.74, 6) is 0.183. The quantitative estimate of drug-likeness (QED) is 0.785. The number of hydrogen-bond donors (Lipinski definition) is 2. The molecular weight excluding hydrogens is 252 g/mol. The van der Waals surface area contributed by atoms with Crippen molar-refractivity contribution in [3.63, 3.8) is 0 Å². The van der Waals surface area contributed by atoms with Crippen LogP contribution in [-0.2, 0) is 4.79 Å². The van der Waals surface area contributed by atoms with Crippen LogP contribution in [0.2, 0.25) is 0 Å². The second kappa shape index (κ2) is 6.90. The van der Waals surface area contributed by atoms with Crippen molar-refractivity contribution in [3.05, 3.63) is 0 Å². The number of hydrogen-bond acceptors (Lipinski definition) is 3. The molecule has 0 aromatic rings. The topological polar surface area (TPSA) is 66.6 Å². The standard InChI is InChI=1S/C16H30N2O2/c1-18(12-13-6-3-2-4-7-13)11-9-14-8-5-10-16(14,17)15(19)20/h13-14H,2-12,17H2,1H3,(H,19,20). The molecule has 116 valence electrons. The Morgan fingerprint density at radius 2 is 1.95 bits per heavy atom. The fourth-order valence-electron chi connectivity index (χ4n) is 4.06. The summed E-state index contributed by atoms with van der Waals surface area (Å²) < 4.78 is 0. The van der Waals surface area contributed by atoms with Crippen molar-refractivity contribution in [2.75, 3.05) is 20.1 Å². The van der Waals surface area contributed by atoms with Gasteiger partial charge in [0.25, 0.3) is 0 Å². The van der Waals surface area contributed by atoms with Gasteiger partial charge in [-0.05, 0) is 57.5 Å². The van der Waals surface area contributed by atoms with Crippen LogP contribution in [0, 0.1) is 11.8 Å². The molecule has 0 aromatic heterocycles. The second-order valence-electron chi connectivity index (χ2n) is 6.99. The van der Waals surface area contributed by atoms with Gasteiger partial charge in [0.1, 0.15) is 5.54 Å². The SMILES string of the molecule is CN(CCC1CCCC1(N)C(=O)O)CC1CCCCC1. The van der Waals surface area contributed by atoms with Gasteiger partial charge in [0, 0.05) is 6.54 Å². The van der Waals surface area contributed by atoms with Gasteiger partial charge in [-0.25, -0.2) is 0 Å². The Hall–Kier alpha value is -0.610. The zero-order valence-corrected chi connectivity index (χ0v) is 12.8. The number of carboxylic acids is 1. The first-order valence-corrected chi connectivity index (χ1v) is 8.23. The molecule has 0 bridgehead atoms. The van der Waals surface area contributed by atoms with Crippen LogP contribution in [-0.4, -0.2) is 41.7 Å². The fourth-order valence-corrected chi connectivity index (χ4v) is 4.06. The van der Waals surface area contributed by atoms with Gasteiger partial charge in [0.2, 0.25) is 0 Å². The lowest BCUT2D eigenvalue weighted by Crippen LogP contribution is -2.51. The molecule has 0 aliphatic heterocycles. The highest BCUT2D eigenvalue weighted by Gasteiger charge is 2.45. The molecule has 0 heterocycles. The molecule has 2 atom stereocenters. The molecule has 2 aliphatic carbocycles. The number of nitrogens with zero attached hydrogens (tertiary/aromatic N) is 1. The number of nitrogens with two attached hydrogens (primary N) is 1. The van der Waals surface area contributed by atoms with Crippen LogP contribution in [0.15, 0.2) is 0 Å². The van der Waals surface area contributed by atoms with Crippen LogP contribution < -0.4 is 5.73 Å². The van der Waals surface area contributed by atoms with E-state index >= 15 is 0 Å². The first-order valence-electron chi connectivity index (χ1n) is 8.23. The van der Waals surface area contributed by atoms with E-state index < -0.39 is 11.5 Å². The average Bonchev–Trinajstić information content (AvgIpc) is 2.80. The van der Waals surface area contributed by atoms with Crippen molar-refractivity contribution in [2.24, 2.45) is 17.6 Å². The summed E-state index contributed by atoms with van der Waals surface area (Å²) in [5, 5.41) is 9.33. The van der Waals surface area contributed by atoms with Gasteiger partial charge in [-0.1, -0.05) is 25.7 Å².